The molecule has 2 aromatic carbocycles. The van der Waals surface area contributed by atoms with E-state index < -0.39 is 10.8 Å². The Kier molecular flexibility index (Phi) is 6.07. The van der Waals surface area contributed by atoms with Gasteiger partial charge in [-0.2, -0.15) is 0 Å². The predicted molar refractivity (Wildman–Crippen MR) is 106 cm³/mol. The summed E-state index contributed by atoms with van der Waals surface area (Å²) in [5.41, 5.74) is 1.58. The van der Waals surface area contributed by atoms with Crippen molar-refractivity contribution in [2.75, 3.05) is 12.4 Å². The van der Waals surface area contributed by atoms with Gasteiger partial charge in [-0.3, -0.25) is 20.2 Å². The first-order valence-electron chi connectivity index (χ1n) is 8.22. The maximum Gasteiger partial charge on any atom is 0.270 e. The lowest BCUT2D eigenvalue weighted by Crippen LogP contribution is -2.07. The van der Waals surface area contributed by atoms with Gasteiger partial charge in [-0.05, 0) is 29.3 Å². The molecule has 0 aliphatic heterocycles. The minimum Gasteiger partial charge on any atom is -0.497 e. The highest BCUT2D eigenvalue weighted by Crippen LogP contribution is 2.20. The van der Waals surface area contributed by atoms with Gasteiger partial charge in [-0.25, -0.2) is 0 Å². The molecular weight excluding hydrogens is 380 g/mol. The number of aromatic nitrogens is 2. The number of rotatable bonds is 7. The minimum absolute atomic E-state index is 0.0325. The lowest BCUT2D eigenvalue weighted by atomic mass is 10.1. The number of nitro groups is 1. The van der Waals surface area contributed by atoms with Gasteiger partial charge >= 0.3 is 0 Å². The topological polar surface area (TPSA) is 107 Å². The molecule has 1 heterocycles. The number of benzene rings is 2. The van der Waals surface area contributed by atoms with Crippen LogP contribution in [-0.2, 0) is 11.2 Å². The van der Waals surface area contributed by atoms with Crippen molar-refractivity contribution in [1.29, 1.82) is 0 Å². The zero-order valence-corrected chi connectivity index (χ0v) is 15.7. The number of nitrogens with zero attached hydrogens (tertiary/aromatic N) is 3. The van der Waals surface area contributed by atoms with Crippen molar-refractivity contribution in [2.24, 2.45) is 0 Å². The van der Waals surface area contributed by atoms with Crippen LogP contribution >= 0.6 is 11.3 Å². The largest absolute Gasteiger partial charge is 0.497 e. The monoisotopic (exact) mass is 396 g/mol. The summed E-state index contributed by atoms with van der Waals surface area (Å²) in [6.45, 7) is 0. The summed E-state index contributed by atoms with van der Waals surface area (Å²) in [6.07, 6.45) is 3.40. The third kappa shape index (κ3) is 5.21. The standard InChI is InChI=1S/C19H16N4O4S/c1-27-16-8-5-14(6-9-16)12-18-21-22-19(28-18)20-17(24)10-7-13-3-2-4-15(11-13)23(25)26/h2-11H,12H2,1H3,(H,20,22,24). The maximum absolute atomic E-state index is 12.0. The molecule has 1 amide bonds. The summed E-state index contributed by atoms with van der Waals surface area (Å²) in [5.74, 6) is 0.392. The first-order valence-corrected chi connectivity index (χ1v) is 9.04. The number of amides is 1. The highest BCUT2D eigenvalue weighted by atomic mass is 32.1. The van der Waals surface area contributed by atoms with Gasteiger partial charge in [-0.1, -0.05) is 35.6 Å². The summed E-state index contributed by atoms with van der Waals surface area (Å²) in [7, 11) is 1.61. The molecule has 0 radical (unpaired) electrons. The lowest BCUT2D eigenvalue weighted by molar-refractivity contribution is -0.384. The van der Waals surface area contributed by atoms with E-state index in [-0.39, 0.29) is 5.69 Å². The second-order valence-electron chi connectivity index (χ2n) is 5.70. The van der Waals surface area contributed by atoms with E-state index in [0.29, 0.717) is 17.1 Å². The highest BCUT2D eigenvalue weighted by Gasteiger charge is 2.08. The van der Waals surface area contributed by atoms with Crippen LogP contribution in [0.3, 0.4) is 0 Å². The van der Waals surface area contributed by atoms with Gasteiger partial charge in [0.05, 0.1) is 12.0 Å². The summed E-state index contributed by atoms with van der Waals surface area (Å²) >= 11 is 1.29. The van der Waals surface area contributed by atoms with Crippen LogP contribution in [0.1, 0.15) is 16.1 Å². The third-order valence-electron chi connectivity index (χ3n) is 3.72. The molecule has 1 aromatic heterocycles. The quantitative estimate of drug-likeness (QED) is 0.371. The number of nitrogens with one attached hydrogen (secondary N) is 1. The molecule has 0 atom stereocenters. The molecule has 0 saturated carbocycles. The van der Waals surface area contributed by atoms with Crippen LogP contribution in [0.25, 0.3) is 6.08 Å². The Morgan fingerprint density at radius 2 is 2.04 bits per heavy atom. The second-order valence-corrected chi connectivity index (χ2v) is 6.76. The number of nitro benzene ring substituents is 1. The molecule has 28 heavy (non-hydrogen) atoms. The van der Waals surface area contributed by atoms with Gasteiger partial charge in [0.25, 0.3) is 5.69 Å². The Hall–Kier alpha value is -3.59. The average Bonchev–Trinajstić information content (AvgIpc) is 3.14. The number of ether oxygens (including phenoxy) is 1. The number of methoxy groups -OCH3 is 1. The van der Waals surface area contributed by atoms with Crippen LogP contribution in [0.5, 0.6) is 5.75 Å². The van der Waals surface area contributed by atoms with Crippen molar-refractivity contribution in [3.63, 3.8) is 0 Å². The number of hydrogen-bond acceptors (Lipinski definition) is 7. The normalized spacial score (nSPS) is 10.8. The number of hydrogen-bond donors (Lipinski definition) is 1. The first-order chi connectivity index (χ1) is 13.5. The second kappa shape index (κ2) is 8.87. The average molecular weight is 396 g/mol. The van der Waals surface area contributed by atoms with E-state index in [4.69, 9.17) is 4.74 Å². The van der Waals surface area contributed by atoms with Crippen LogP contribution in [0.4, 0.5) is 10.8 Å². The van der Waals surface area contributed by atoms with E-state index in [0.717, 1.165) is 16.3 Å². The van der Waals surface area contributed by atoms with Crippen molar-refractivity contribution in [1.82, 2.24) is 10.2 Å². The molecule has 1 N–H and O–H groups in total. The fourth-order valence-electron chi connectivity index (χ4n) is 2.35. The van der Waals surface area contributed by atoms with Crippen LogP contribution in [0, 0.1) is 10.1 Å². The van der Waals surface area contributed by atoms with Gasteiger partial charge in [0.1, 0.15) is 10.8 Å². The Morgan fingerprint density at radius 1 is 1.25 bits per heavy atom. The Bertz CT molecular complexity index is 1010. The van der Waals surface area contributed by atoms with E-state index in [2.05, 4.69) is 15.5 Å². The SMILES string of the molecule is COc1ccc(Cc2nnc(NC(=O)C=Cc3cccc([N+](=O)[O-])c3)s2)cc1. The van der Waals surface area contributed by atoms with Crippen molar-refractivity contribution < 1.29 is 14.5 Å². The number of carbonyl (C=O) groups excluding carboxylic acids is 1. The molecule has 0 aliphatic rings. The number of carbonyl (C=O) groups is 1. The summed E-state index contributed by atoms with van der Waals surface area (Å²) in [5, 5.41) is 22.6. The van der Waals surface area contributed by atoms with Gasteiger partial charge in [0.2, 0.25) is 11.0 Å². The molecule has 8 nitrogen and oxygen atoms in total. The predicted octanol–water partition coefficient (Wildman–Crippen LogP) is 3.70. The van der Waals surface area contributed by atoms with Crippen LogP contribution in [-0.4, -0.2) is 28.1 Å². The third-order valence-corrected chi connectivity index (χ3v) is 4.56. The fraction of sp³-hybridized carbons (Fsp3) is 0.105. The molecule has 0 aliphatic carbocycles. The number of anilines is 1. The fourth-order valence-corrected chi connectivity index (χ4v) is 3.13. The molecule has 0 spiro atoms. The zero-order chi connectivity index (χ0) is 19.9. The Balaban J connectivity index is 1.58. The molecule has 0 fully saturated rings. The van der Waals surface area contributed by atoms with E-state index in [1.807, 2.05) is 24.3 Å². The molecule has 0 bridgehead atoms. The van der Waals surface area contributed by atoms with Crippen LogP contribution < -0.4 is 10.1 Å². The molecule has 142 valence electrons. The lowest BCUT2D eigenvalue weighted by Gasteiger charge is -2.00. The summed E-state index contributed by atoms with van der Waals surface area (Å²) in [6, 6.07) is 13.7. The first kappa shape index (κ1) is 19.2. The van der Waals surface area contributed by atoms with Gasteiger partial charge in [-0.15, -0.1) is 10.2 Å². The summed E-state index contributed by atoms with van der Waals surface area (Å²) in [4.78, 5) is 22.3. The van der Waals surface area contributed by atoms with E-state index in [1.54, 1.807) is 19.2 Å². The van der Waals surface area contributed by atoms with E-state index in [9.17, 15) is 14.9 Å². The minimum atomic E-state index is -0.483. The van der Waals surface area contributed by atoms with E-state index >= 15 is 0 Å². The van der Waals surface area contributed by atoms with Crippen LogP contribution in [0.2, 0.25) is 0 Å². The Labute approximate surface area is 164 Å². The number of non-ortho nitro benzene ring substituents is 1. The molecule has 9 heteroatoms. The van der Waals surface area contributed by atoms with Gasteiger partial charge in [0.15, 0.2) is 0 Å². The van der Waals surface area contributed by atoms with Gasteiger partial charge < -0.3 is 4.74 Å². The smallest absolute Gasteiger partial charge is 0.270 e. The summed E-state index contributed by atoms with van der Waals surface area (Å²) < 4.78 is 5.13. The zero-order valence-electron chi connectivity index (χ0n) is 14.9. The van der Waals surface area contributed by atoms with Crippen LogP contribution in [0.15, 0.2) is 54.6 Å². The van der Waals surface area contributed by atoms with Crippen molar-refractivity contribution >= 4 is 34.1 Å². The maximum atomic E-state index is 12.0. The van der Waals surface area contributed by atoms with Crippen molar-refractivity contribution in [2.45, 2.75) is 6.42 Å². The molecular formula is C19H16N4O4S. The van der Waals surface area contributed by atoms with Crippen molar-refractivity contribution in [3.05, 3.63) is 80.9 Å². The molecule has 3 rings (SSSR count). The van der Waals surface area contributed by atoms with Crippen molar-refractivity contribution in [3.8, 4) is 5.75 Å². The Morgan fingerprint density at radius 3 is 2.75 bits per heavy atom. The highest BCUT2D eigenvalue weighted by molar-refractivity contribution is 7.15. The molecule has 0 saturated heterocycles. The van der Waals surface area contributed by atoms with E-state index in [1.165, 1.54) is 35.6 Å². The molecule has 3 aromatic rings. The van der Waals surface area contributed by atoms with Gasteiger partial charge in [0, 0.05) is 24.6 Å². The molecule has 0 unspecified atom stereocenters.